The summed E-state index contributed by atoms with van der Waals surface area (Å²) in [6.07, 6.45) is -0.315. The van der Waals surface area contributed by atoms with E-state index in [0.717, 1.165) is 30.5 Å². The molecule has 17 heavy (non-hydrogen) atoms. The number of thiophene rings is 1. The molecule has 0 fully saturated rings. The molecule has 3 nitrogen and oxygen atoms in total. The second kappa shape index (κ2) is 8.06. The molecule has 1 aromatic rings. The van der Waals surface area contributed by atoms with Crippen LogP contribution in [0.2, 0.25) is 4.34 Å². The van der Waals surface area contributed by atoms with Gasteiger partial charge in [0.2, 0.25) is 0 Å². The number of aliphatic hydroxyl groups excluding tert-OH is 1. The maximum atomic E-state index is 9.84. The van der Waals surface area contributed by atoms with Crippen LogP contribution in [-0.2, 0) is 6.54 Å². The predicted octanol–water partition coefficient (Wildman–Crippen LogP) is 2.19. The number of aliphatic hydroxyl groups is 1. The van der Waals surface area contributed by atoms with Crippen molar-refractivity contribution in [3.63, 3.8) is 0 Å². The van der Waals surface area contributed by atoms with E-state index >= 15 is 0 Å². The van der Waals surface area contributed by atoms with Crippen LogP contribution in [0.25, 0.3) is 0 Å². The van der Waals surface area contributed by atoms with Crippen LogP contribution in [0.1, 0.15) is 18.7 Å². The fourth-order valence-electron chi connectivity index (χ4n) is 1.65. The summed E-state index contributed by atoms with van der Waals surface area (Å²) in [5.41, 5.74) is 0. The quantitative estimate of drug-likeness (QED) is 0.764. The monoisotopic (exact) mass is 276 g/mol. The second-order valence-corrected chi connectivity index (χ2v) is 5.78. The number of likely N-dealkylation sites (N-methyl/N-ethyl adjacent to an activating group) is 1. The molecule has 0 bridgehead atoms. The van der Waals surface area contributed by atoms with E-state index in [1.807, 2.05) is 12.1 Å². The van der Waals surface area contributed by atoms with E-state index < -0.39 is 0 Å². The van der Waals surface area contributed by atoms with Gasteiger partial charge in [-0.2, -0.15) is 0 Å². The number of hydrogen-bond acceptors (Lipinski definition) is 4. The molecule has 0 aliphatic heterocycles. The highest BCUT2D eigenvalue weighted by Gasteiger charge is 2.08. The summed E-state index contributed by atoms with van der Waals surface area (Å²) < 4.78 is 0.811. The molecule has 2 N–H and O–H groups in total. The zero-order chi connectivity index (χ0) is 12.7. The third-order valence-electron chi connectivity index (χ3n) is 2.67. The first-order valence-corrected chi connectivity index (χ1v) is 7.20. The van der Waals surface area contributed by atoms with Crippen molar-refractivity contribution >= 4 is 22.9 Å². The number of hydrogen-bond donors (Lipinski definition) is 2. The van der Waals surface area contributed by atoms with Gasteiger partial charge in [0, 0.05) is 24.5 Å². The molecular weight excluding hydrogens is 256 g/mol. The second-order valence-electron chi connectivity index (χ2n) is 3.98. The number of halogens is 1. The lowest BCUT2D eigenvalue weighted by molar-refractivity contribution is 0.116. The Kier molecular flexibility index (Phi) is 7.08. The van der Waals surface area contributed by atoms with Gasteiger partial charge >= 0.3 is 0 Å². The Morgan fingerprint density at radius 1 is 1.41 bits per heavy atom. The molecule has 0 aliphatic carbocycles. The van der Waals surface area contributed by atoms with E-state index in [1.165, 1.54) is 4.88 Å². The van der Waals surface area contributed by atoms with Crippen molar-refractivity contribution < 1.29 is 5.11 Å². The van der Waals surface area contributed by atoms with Gasteiger partial charge in [0.15, 0.2) is 0 Å². The highest BCUT2D eigenvalue weighted by molar-refractivity contribution is 7.16. The zero-order valence-corrected chi connectivity index (χ0v) is 12.0. The molecule has 0 aliphatic rings. The summed E-state index contributed by atoms with van der Waals surface area (Å²) in [6.45, 7) is 8.29. The van der Waals surface area contributed by atoms with Crippen molar-refractivity contribution in [1.82, 2.24) is 10.2 Å². The zero-order valence-electron chi connectivity index (χ0n) is 10.4. The van der Waals surface area contributed by atoms with Crippen molar-refractivity contribution in [3.8, 4) is 0 Å². The third-order valence-corrected chi connectivity index (χ3v) is 3.90. The van der Waals surface area contributed by atoms with Crippen LogP contribution >= 0.6 is 22.9 Å². The first-order valence-electron chi connectivity index (χ1n) is 6.01. The topological polar surface area (TPSA) is 35.5 Å². The third kappa shape index (κ3) is 5.84. The van der Waals surface area contributed by atoms with Crippen LogP contribution in [0.3, 0.4) is 0 Å². The average molecular weight is 277 g/mol. The number of nitrogens with zero attached hydrogens (tertiary/aromatic N) is 1. The van der Waals surface area contributed by atoms with E-state index in [4.69, 9.17) is 11.6 Å². The minimum absolute atomic E-state index is 0.315. The Hall–Kier alpha value is -0.130. The Labute approximate surface area is 112 Å². The largest absolute Gasteiger partial charge is 0.390 e. The molecule has 0 amide bonds. The van der Waals surface area contributed by atoms with Gasteiger partial charge in [-0.25, -0.2) is 0 Å². The maximum absolute atomic E-state index is 9.84. The first kappa shape index (κ1) is 14.9. The van der Waals surface area contributed by atoms with Crippen molar-refractivity contribution in [3.05, 3.63) is 21.3 Å². The molecule has 0 radical (unpaired) electrons. The van der Waals surface area contributed by atoms with Gasteiger partial charge in [-0.3, -0.25) is 0 Å². The molecular formula is C12H21ClN2OS. The fourth-order valence-corrected chi connectivity index (χ4v) is 2.71. The van der Waals surface area contributed by atoms with E-state index in [9.17, 15) is 5.11 Å². The Balaban J connectivity index is 2.17. The summed E-state index contributed by atoms with van der Waals surface area (Å²) in [6, 6.07) is 3.91. The summed E-state index contributed by atoms with van der Waals surface area (Å²) in [4.78, 5) is 3.42. The molecule has 0 saturated heterocycles. The Morgan fingerprint density at radius 3 is 2.65 bits per heavy atom. The summed E-state index contributed by atoms with van der Waals surface area (Å²) in [7, 11) is 0. The molecule has 0 spiro atoms. The normalized spacial score (nSPS) is 13.2. The van der Waals surface area contributed by atoms with Gasteiger partial charge in [0.05, 0.1) is 10.4 Å². The van der Waals surface area contributed by atoms with E-state index in [1.54, 1.807) is 11.3 Å². The minimum Gasteiger partial charge on any atom is -0.390 e. The molecule has 0 aromatic carbocycles. The lowest BCUT2D eigenvalue weighted by Crippen LogP contribution is -2.38. The van der Waals surface area contributed by atoms with Gasteiger partial charge in [0.25, 0.3) is 0 Å². The highest BCUT2D eigenvalue weighted by atomic mass is 35.5. The molecule has 1 atom stereocenters. The standard InChI is InChI=1S/C12H21ClN2OS/c1-3-15(4-2)9-10(16)7-14-8-11-5-6-12(13)17-11/h5-6,10,14,16H,3-4,7-9H2,1-2H3. The minimum atomic E-state index is -0.315. The van der Waals surface area contributed by atoms with Crippen LogP contribution in [0, 0.1) is 0 Å². The van der Waals surface area contributed by atoms with Gasteiger partial charge in [-0.15, -0.1) is 11.3 Å². The molecule has 1 rings (SSSR count). The Morgan fingerprint density at radius 2 is 2.12 bits per heavy atom. The first-order chi connectivity index (χ1) is 8.15. The van der Waals surface area contributed by atoms with E-state index in [-0.39, 0.29) is 6.10 Å². The van der Waals surface area contributed by atoms with Gasteiger partial charge in [-0.1, -0.05) is 25.4 Å². The van der Waals surface area contributed by atoms with Gasteiger partial charge in [0.1, 0.15) is 0 Å². The van der Waals surface area contributed by atoms with Crippen LogP contribution in [0.4, 0.5) is 0 Å². The predicted molar refractivity (Wildman–Crippen MR) is 74.8 cm³/mol. The molecule has 1 aromatic heterocycles. The van der Waals surface area contributed by atoms with E-state index in [2.05, 4.69) is 24.1 Å². The summed E-state index contributed by atoms with van der Waals surface area (Å²) in [5, 5.41) is 13.1. The van der Waals surface area contributed by atoms with Crippen LogP contribution in [0.5, 0.6) is 0 Å². The molecule has 98 valence electrons. The molecule has 1 unspecified atom stereocenters. The molecule has 0 saturated carbocycles. The molecule has 1 heterocycles. The van der Waals surface area contributed by atoms with Crippen molar-refractivity contribution in [1.29, 1.82) is 0 Å². The van der Waals surface area contributed by atoms with Gasteiger partial charge in [-0.05, 0) is 25.2 Å². The average Bonchev–Trinajstić information content (AvgIpc) is 2.72. The number of nitrogens with one attached hydrogen (secondary N) is 1. The van der Waals surface area contributed by atoms with Crippen molar-refractivity contribution in [2.75, 3.05) is 26.2 Å². The fraction of sp³-hybridized carbons (Fsp3) is 0.667. The van der Waals surface area contributed by atoms with Crippen LogP contribution in [-0.4, -0.2) is 42.3 Å². The smallest absolute Gasteiger partial charge is 0.0931 e. The van der Waals surface area contributed by atoms with Crippen molar-refractivity contribution in [2.45, 2.75) is 26.5 Å². The molecule has 5 heteroatoms. The van der Waals surface area contributed by atoms with Crippen molar-refractivity contribution in [2.24, 2.45) is 0 Å². The maximum Gasteiger partial charge on any atom is 0.0931 e. The summed E-state index contributed by atoms with van der Waals surface area (Å²) in [5.74, 6) is 0. The van der Waals surface area contributed by atoms with Crippen LogP contribution < -0.4 is 5.32 Å². The summed E-state index contributed by atoms with van der Waals surface area (Å²) >= 11 is 7.42. The van der Waals surface area contributed by atoms with Gasteiger partial charge < -0.3 is 15.3 Å². The van der Waals surface area contributed by atoms with E-state index in [0.29, 0.717) is 6.54 Å². The number of rotatable bonds is 8. The lowest BCUT2D eigenvalue weighted by atomic mass is 10.3. The lowest BCUT2D eigenvalue weighted by Gasteiger charge is -2.21. The van der Waals surface area contributed by atoms with Crippen LogP contribution in [0.15, 0.2) is 12.1 Å². The highest BCUT2D eigenvalue weighted by Crippen LogP contribution is 2.20. The SMILES string of the molecule is CCN(CC)CC(O)CNCc1ccc(Cl)s1. The Bertz CT molecular complexity index is 315.